The average molecular weight is 575 g/mol. The number of rotatable bonds is 8. The van der Waals surface area contributed by atoms with Crippen molar-refractivity contribution >= 4 is 22.9 Å². The van der Waals surface area contributed by atoms with Crippen LogP contribution in [-0.4, -0.2) is 77.5 Å². The summed E-state index contributed by atoms with van der Waals surface area (Å²) in [6, 6.07) is 4.25. The number of likely N-dealkylation sites (N-methyl/N-ethyl adjacent to an activating group) is 1. The number of carbonyl (C=O) groups excluding carboxylic acids is 1. The van der Waals surface area contributed by atoms with Gasteiger partial charge in [-0.25, -0.2) is 9.97 Å². The summed E-state index contributed by atoms with van der Waals surface area (Å²) in [4.78, 5) is 29.1. The Hall–Kier alpha value is -3.06. The van der Waals surface area contributed by atoms with Gasteiger partial charge in [-0.05, 0) is 56.3 Å². The lowest BCUT2D eigenvalue weighted by molar-refractivity contribution is -0.137. The summed E-state index contributed by atoms with van der Waals surface area (Å²) in [5.74, 6) is 0.151. The normalized spacial score (nSPS) is 18.2. The van der Waals surface area contributed by atoms with Crippen molar-refractivity contribution in [3.05, 3.63) is 68.8 Å². The molecular weight excluding hydrogens is 541 g/mol. The quantitative estimate of drug-likeness (QED) is 0.425. The number of hydrogen-bond donors (Lipinski definition) is 1. The minimum absolute atomic E-state index is 0.159. The number of fused-ring (bicyclic) bond motifs is 1. The van der Waals surface area contributed by atoms with Gasteiger partial charge < -0.3 is 15.0 Å². The highest BCUT2D eigenvalue weighted by molar-refractivity contribution is 7.10. The van der Waals surface area contributed by atoms with E-state index in [1.807, 2.05) is 14.1 Å². The maximum atomic E-state index is 13.8. The molecule has 1 fully saturated rings. The van der Waals surface area contributed by atoms with Crippen LogP contribution < -0.4 is 10.1 Å². The van der Waals surface area contributed by atoms with Gasteiger partial charge in [-0.15, -0.1) is 11.3 Å². The molecule has 8 nitrogen and oxygen atoms in total. The Bertz CT molecular complexity index is 1360. The van der Waals surface area contributed by atoms with Gasteiger partial charge >= 0.3 is 6.18 Å². The molecule has 5 rings (SSSR count). The van der Waals surface area contributed by atoms with E-state index in [1.54, 1.807) is 24.8 Å². The molecule has 2 aliphatic heterocycles. The monoisotopic (exact) mass is 574 g/mol. The van der Waals surface area contributed by atoms with Gasteiger partial charge in [-0.1, -0.05) is 0 Å². The zero-order valence-electron chi connectivity index (χ0n) is 22.8. The smallest absolute Gasteiger partial charge is 0.416 e. The van der Waals surface area contributed by atoms with Crippen LogP contribution in [0.15, 0.2) is 36.1 Å². The Labute approximate surface area is 235 Å². The summed E-state index contributed by atoms with van der Waals surface area (Å²) >= 11 is 1.49. The Morgan fingerprint density at radius 3 is 2.75 bits per heavy atom. The highest BCUT2D eigenvalue weighted by Gasteiger charge is 2.32. The fourth-order valence-electron chi connectivity index (χ4n) is 5.44. The van der Waals surface area contributed by atoms with Crippen LogP contribution in [0.5, 0.6) is 5.88 Å². The maximum absolute atomic E-state index is 13.8. The van der Waals surface area contributed by atoms with Gasteiger partial charge in [0.25, 0.3) is 5.91 Å². The number of likely N-dealkylation sites (tertiary alicyclic amines) is 1. The number of nitrogens with one attached hydrogen (secondary N) is 1. The topological polar surface area (TPSA) is 73.8 Å². The number of methoxy groups -OCH3 is 1. The third-order valence-electron chi connectivity index (χ3n) is 7.57. The molecule has 1 saturated heterocycles. The van der Waals surface area contributed by atoms with Crippen molar-refractivity contribution in [2.75, 3.05) is 46.2 Å². The number of alkyl halides is 3. The fraction of sp³-hybridized carbons (Fsp3) is 0.464. The van der Waals surface area contributed by atoms with Crippen LogP contribution in [0.4, 0.5) is 18.9 Å². The number of amides is 1. The standard InChI is InChI=1S/C28H33F3N6O2S/c1-35(2)22-4-6-36(14-22)12-18-8-20(28(29,30)31)10-21(9-18)34-26(38)24-16-40-25-15-37(7-5-23(24)25)13-19-11-32-17-33-27(19)39-3/h8-11,16-17,22H,4-7,12-15H2,1-3H3,(H,34,38). The third kappa shape index (κ3) is 6.46. The molecule has 0 saturated carbocycles. The van der Waals surface area contributed by atoms with Crippen molar-refractivity contribution in [3.8, 4) is 5.88 Å². The van der Waals surface area contributed by atoms with Gasteiger partial charge in [0.1, 0.15) is 6.33 Å². The van der Waals surface area contributed by atoms with E-state index in [2.05, 4.69) is 30.0 Å². The zero-order chi connectivity index (χ0) is 28.4. The van der Waals surface area contributed by atoms with Crippen LogP contribution in [-0.2, 0) is 32.2 Å². The molecular formula is C28H33F3N6O2S. The van der Waals surface area contributed by atoms with E-state index in [4.69, 9.17) is 4.74 Å². The first-order valence-corrected chi connectivity index (χ1v) is 14.0. The predicted octanol–water partition coefficient (Wildman–Crippen LogP) is 4.51. The molecule has 3 aromatic rings. The predicted molar refractivity (Wildman–Crippen MR) is 147 cm³/mol. The lowest BCUT2D eigenvalue weighted by atomic mass is 10.0. The summed E-state index contributed by atoms with van der Waals surface area (Å²) in [7, 11) is 5.61. The Morgan fingerprint density at radius 1 is 1.20 bits per heavy atom. The number of nitrogens with zero attached hydrogens (tertiary/aromatic N) is 5. The summed E-state index contributed by atoms with van der Waals surface area (Å²) in [5, 5.41) is 4.56. The first kappa shape index (κ1) is 28.5. The molecule has 4 heterocycles. The minimum Gasteiger partial charge on any atom is -0.481 e. The highest BCUT2D eigenvalue weighted by atomic mass is 32.1. The maximum Gasteiger partial charge on any atom is 0.416 e. The molecule has 2 aliphatic rings. The Balaban J connectivity index is 1.29. The SMILES string of the molecule is COc1ncncc1CN1CCc2c(C(=O)Nc3cc(CN4CCC(N(C)C)C4)cc(C(F)(F)F)c3)csc2C1. The molecule has 2 aromatic heterocycles. The number of carbonyl (C=O) groups is 1. The molecule has 1 atom stereocenters. The molecule has 0 bridgehead atoms. The van der Waals surface area contributed by atoms with E-state index >= 15 is 0 Å². The number of benzene rings is 1. The largest absolute Gasteiger partial charge is 0.481 e. The molecule has 1 unspecified atom stereocenters. The lowest BCUT2D eigenvalue weighted by Gasteiger charge is -2.27. The van der Waals surface area contributed by atoms with Gasteiger partial charge in [0, 0.05) is 73.0 Å². The van der Waals surface area contributed by atoms with E-state index < -0.39 is 11.7 Å². The van der Waals surface area contributed by atoms with E-state index in [-0.39, 0.29) is 11.6 Å². The lowest BCUT2D eigenvalue weighted by Crippen LogP contribution is -2.31. The number of hydrogen-bond acceptors (Lipinski definition) is 8. The average Bonchev–Trinajstić information content (AvgIpc) is 3.55. The van der Waals surface area contributed by atoms with E-state index in [1.165, 1.54) is 23.7 Å². The van der Waals surface area contributed by atoms with Gasteiger partial charge in [0.05, 0.1) is 18.2 Å². The first-order valence-electron chi connectivity index (χ1n) is 13.2. The number of ether oxygens (including phenoxy) is 1. The molecule has 1 amide bonds. The number of anilines is 1. The number of thiophene rings is 1. The van der Waals surface area contributed by atoms with E-state index in [9.17, 15) is 18.0 Å². The van der Waals surface area contributed by atoms with Crippen LogP contribution in [0.2, 0.25) is 0 Å². The van der Waals surface area contributed by atoms with Crippen molar-refractivity contribution in [1.29, 1.82) is 0 Å². The van der Waals surface area contributed by atoms with E-state index in [0.29, 0.717) is 49.1 Å². The van der Waals surface area contributed by atoms with Crippen LogP contribution >= 0.6 is 11.3 Å². The first-order chi connectivity index (χ1) is 19.1. The molecule has 0 spiro atoms. The number of aromatic nitrogens is 2. The van der Waals surface area contributed by atoms with Crippen LogP contribution in [0.25, 0.3) is 0 Å². The molecule has 214 valence electrons. The van der Waals surface area contributed by atoms with Crippen molar-refractivity contribution in [1.82, 2.24) is 24.7 Å². The second-order valence-corrected chi connectivity index (χ2v) is 11.5. The fourth-order valence-corrected chi connectivity index (χ4v) is 6.56. The van der Waals surface area contributed by atoms with E-state index in [0.717, 1.165) is 48.1 Å². The Morgan fingerprint density at radius 2 is 2.02 bits per heavy atom. The molecule has 1 N–H and O–H groups in total. The summed E-state index contributed by atoms with van der Waals surface area (Å²) in [6.45, 7) is 4.01. The number of halogens is 3. The zero-order valence-corrected chi connectivity index (χ0v) is 23.6. The third-order valence-corrected chi connectivity index (χ3v) is 8.58. The second kappa shape index (κ2) is 11.8. The molecule has 40 heavy (non-hydrogen) atoms. The summed E-state index contributed by atoms with van der Waals surface area (Å²) < 4.78 is 46.6. The van der Waals surface area contributed by atoms with Crippen LogP contribution in [0.1, 0.15) is 43.9 Å². The molecule has 1 aromatic carbocycles. The van der Waals surface area contributed by atoms with Gasteiger partial charge in [-0.3, -0.25) is 14.6 Å². The summed E-state index contributed by atoms with van der Waals surface area (Å²) in [5.41, 5.74) is 2.29. The van der Waals surface area contributed by atoms with Crippen LogP contribution in [0.3, 0.4) is 0 Å². The summed E-state index contributed by atoms with van der Waals surface area (Å²) in [6.07, 6.45) is 0.309. The van der Waals surface area contributed by atoms with Crippen molar-refractivity contribution in [2.45, 2.75) is 44.7 Å². The Kier molecular flexibility index (Phi) is 8.41. The van der Waals surface area contributed by atoms with Crippen molar-refractivity contribution in [2.24, 2.45) is 0 Å². The van der Waals surface area contributed by atoms with Crippen molar-refractivity contribution < 1.29 is 22.7 Å². The highest BCUT2D eigenvalue weighted by Crippen LogP contribution is 2.34. The molecule has 0 radical (unpaired) electrons. The molecule has 12 heteroatoms. The van der Waals surface area contributed by atoms with Gasteiger partial charge in [0.2, 0.25) is 5.88 Å². The van der Waals surface area contributed by atoms with Gasteiger partial charge in [-0.2, -0.15) is 13.2 Å². The molecule has 0 aliphatic carbocycles. The van der Waals surface area contributed by atoms with Gasteiger partial charge in [0.15, 0.2) is 0 Å². The van der Waals surface area contributed by atoms with Crippen LogP contribution in [0, 0.1) is 0 Å². The minimum atomic E-state index is -4.51. The van der Waals surface area contributed by atoms with Crippen molar-refractivity contribution in [3.63, 3.8) is 0 Å². The second-order valence-electron chi connectivity index (χ2n) is 10.6.